The Kier molecular flexibility index (Phi) is 3.02. The van der Waals surface area contributed by atoms with Crippen LogP contribution in [0.15, 0.2) is 54.6 Å². The van der Waals surface area contributed by atoms with Crippen LogP contribution in [-0.2, 0) is 9.59 Å². The van der Waals surface area contributed by atoms with E-state index in [9.17, 15) is 9.59 Å². The minimum atomic E-state index is -1.49. The average Bonchev–Trinajstić information content (AvgIpc) is 2.39. The van der Waals surface area contributed by atoms with E-state index < -0.39 is 17.2 Å². The summed E-state index contributed by atoms with van der Waals surface area (Å²) in [5, 5.41) is 0. The van der Waals surface area contributed by atoms with Crippen LogP contribution in [0.5, 0.6) is 0 Å². The van der Waals surface area contributed by atoms with Crippen molar-refractivity contribution in [3.63, 3.8) is 0 Å². The molecule has 4 heteroatoms. The molecule has 1 aliphatic rings. The number of rotatable bonds is 3. The van der Waals surface area contributed by atoms with Crippen molar-refractivity contribution in [1.29, 1.82) is 0 Å². The number of benzene rings is 1. The van der Waals surface area contributed by atoms with E-state index in [2.05, 4.69) is 0 Å². The van der Waals surface area contributed by atoms with Gasteiger partial charge < -0.3 is 11.5 Å². The first kappa shape index (κ1) is 12.1. The molecule has 0 heterocycles. The lowest BCUT2D eigenvalue weighted by atomic mass is 9.79. The van der Waals surface area contributed by atoms with Gasteiger partial charge >= 0.3 is 0 Å². The molecular formula is C14H14N2O2. The summed E-state index contributed by atoms with van der Waals surface area (Å²) in [5.41, 5.74) is 10.1. The van der Waals surface area contributed by atoms with Gasteiger partial charge in [-0.25, -0.2) is 0 Å². The van der Waals surface area contributed by atoms with Crippen molar-refractivity contribution in [2.24, 2.45) is 16.9 Å². The summed E-state index contributed by atoms with van der Waals surface area (Å²) >= 11 is 0. The standard InChI is InChI=1S/C14H14N2O2/c15-12(17)14(13(16)18)8-6-11(7-9-14)10-4-2-1-3-5-10/h1-9,11H,(H2,15,17)(H2,16,18). The minimum Gasteiger partial charge on any atom is -0.368 e. The van der Waals surface area contributed by atoms with E-state index in [1.54, 1.807) is 12.2 Å². The molecule has 0 radical (unpaired) electrons. The Bertz CT molecular complexity index is 502. The van der Waals surface area contributed by atoms with Gasteiger partial charge in [-0.15, -0.1) is 0 Å². The van der Waals surface area contributed by atoms with Crippen molar-refractivity contribution in [2.45, 2.75) is 5.92 Å². The van der Waals surface area contributed by atoms with Crippen molar-refractivity contribution in [1.82, 2.24) is 0 Å². The lowest BCUT2D eigenvalue weighted by Gasteiger charge is -2.24. The van der Waals surface area contributed by atoms with Gasteiger partial charge in [0.15, 0.2) is 5.41 Å². The third-order valence-corrected chi connectivity index (χ3v) is 3.13. The molecule has 2 rings (SSSR count). The molecule has 0 saturated heterocycles. The Hall–Kier alpha value is -2.36. The molecule has 1 aromatic rings. The van der Waals surface area contributed by atoms with Gasteiger partial charge in [-0.2, -0.15) is 0 Å². The summed E-state index contributed by atoms with van der Waals surface area (Å²) in [6.45, 7) is 0. The van der Waals surface area contributed by atoms with Gasteiger partial charge in [0.2, 0.25) is 11.8 Å². The van der Waals surface area contributed by atoms with Crippen LogP contribution in [0.1, 0.15) is 11.5 Å². The Morgan fingerprint density at radius 1 is 0.944 bits per heavy atom. The number of carbonyl (C=O) groups excluding carboxylic acids is 2. The zero-order chi connectivity index (χ0) is 13.2. The number of hydrogen-bond acceptors (Lipinski definition) is 2. The predicted octanol–water partition coefficient (Wildman–Crippen LogP) is 0.853. The number of primary amides is 2. The van der Waals surface area contributed by atoms with Crippen LogP contribution < -0.4 is 11.5 Å². The van der Waals surface area contributed by atoms with Crippen LogP contribution in [-0.4, -0.2) is 11.8 Å². The van der Waals surface area contributed by atoms with E-state index in [1.165, 1.54) is 12.2 Å². The summed E-state index contributed by atoms with van der Waals surface area (Å²) in [4.78, 5) is 22.8. The van der Waals surface area contributed by atoms with Crippen molar-refractivity contribution >= 4 is 11.8 Å². The summed E-state index contributed by atoms with van der Waals surface area (Å²) in [6, 6.07) is 9.74. The summed E-state index contributed by atoms with van der Waals surface area (Å²) < 4.78 is 0. The van der Waals surface area contributed by atoms with E-state index >= 15 is 0 Å². The third kappa shape index (κ3) is 1.93. The third-order valence-electron chi connectivity index (χ3n) is 3.13. The number of hydrogen-bond donors (Lipinski definition) is 2. The highest BCUT2D eigenvalue weighted by atomic mass is 16.2. The van der Waals surface area contributed by atoms with Gasteiger partial charge in [-0.3, -0.25) is 9.59 Å². The van der Waals surface area contributed by atoms with E-state index in [4.69, 9.17) is 11.5 Å². The maximum absolute atomic E-state index is 11.4. The molecule has 18 heavy (non-hydrogen) atoms. The molecule has 0 aromatic heterocycles. The number of nitrogens with two attached hydrogens (primary N) is 2. The van der Waals surface area contributed by atoms with Gasteiger partial charge in [0.1, 0.15) is 0 Å². The average molecular weight is 242 g/mol. The first-order valence-electron chi connectivity index (χ1n) is 5.60. The fourth-order valence-electron chi connectivity index (χ4n) is 1.98. The molecule has 1 aliphatic carbocycles. The second-order valence-electron chi connectivity index (χ2n) is 4.25. The normalized spacial score (nSPS) is 17.6. The molecule has 92 valence electrons. The Morgan fingerprint density at radius 2 is 1.44 bits per heavy atom. The van der Waals surface area contributed by atoms with Crippen LogP contribution in [0.25, 0.3) is 0 Å². The maximum atomic E-state index is 11.4. The van der Waals surface area contributed by atoms with Crippen LogP contribution in [0.2, 0.25) is 0 Å². The van der Waals surface area contributed by atoms with Gasteiger partial charge in [-0.05, 0) is 5.56 Å². The molecule has 2 amide bonds. The van der Waals surface area contributed by atoms with Gasteiger partial charge in [0, 0.05) is 5.92 Å². The number of carbonyl (C=O) groups is 2. The van der Waals surface area contributed by atoms with Gasteiger partial charge in [-0.1, -0.05) is 54.6 Å². The smallest absolute Gasteiger partial charge is 0.240 e. The Balaban J connectivity index is 2.31. The topological polar surface area (TPSA) is 86.2 Å². The maximum Gasteiger partial charge on any atom is 0.240 e. The molecule has 0 saturated carbocycles. The Morgan fingerprint density at radius 3 is 1.89 bits per heavy atom. The van der Waals surface area contributed by atoms with Crippen LogP contribution in [0.4, 0.5) is 0 Å². The number of amides is 2. The lowest BCUT2D eigenvalue weighted by Crippen LogP contribution is -2.45. The molecule has 0 bridgehead atoms. The monoisotopic (exact) mass is 242 g/mol. The van der Waals surface area contributed by atoms with E-state index in [0.717, 1.165) is 5.56 Å². The zero-order valence-corrected chi connectivity index (χ0v) is 9.74. The molecule has 0 unspecified atom stereocenters. The highest BCUT2D eigenvalue weighted by Gasteiger charge is 2.39. The van der Waals surface area contributed by atoms with E-state index in [1.807, 2.05) is 30.3 Å². The summed E-state index contributed by atoms with van der Waals surface area (Å²) in [5.74, 6) is -1.49. The molecule has 0 spiro atoms. The molecule has 4 nitrogen and oxygen atoms in total. The zero-order valence-electron chi connectivity index (χ0n) is 9.74. The number of allylic oxidation sites excluding steroid dienone is 2. The fraction of sp³-hybridized carbons (Fsp3) is 0.143. The highest BCUT2D eigenvalue weighted by molar-refractivity contribution is 6.08. The molecular weight excluding hydrogens is 228 g/mol. The Labute approximate surface area is 105 Å². The van der Waals surface area contributed by atoms with Gasteiger partial charge in [0.05, 0.1) is 0 Å². The second kappa shape index (κ2) is 4.49. The van der Waals surface area contributed by atoms with Crippen molar-refractivity contribution in [3.05, 3.63) is 60.2 Å². The predicted molar refractivity (Wildman–Crippen MR) is 68.3 cm³/mol. The van der Waals surface area contributed by atoms with Crippen LogP contribution >= 0.6 is 0 Å². The highest BCUT2D eigenvalue weighted by Crippen LogP contribution is 2.31. The second-order valence-corrected chi connectivity index (χ2v) is 4.25. The summed E-state index contributed by atoms with van der Waals surface area (Å²) in [7, 11) is 0. The first-order valence-corrected chi connectivity index (χ1v) is 5.60. The molecule has 0 aliphatic heterocycles. The molecule has 4 N–H and O–H groups in total. The van der Waals surface area contributed by atoms with Crippen LogP contribution in [0, 0.1) is 5.41 Å². The largest absolute Gasteiger partial charge is 0.368 e. The molecule has 0 fully saturated rings. The molecule has 1 aromatic carbocycles. The van der Waals surface area contributed by atoms with E-state index in [-0.39, 0.29) is 5.92 Å². The van der Waals surface area contributed by atoms with Crippen molar-refractivity contribution in [3.8, 4) is 0 Å². The quantitative estimate of drug-likeness (QED) is 0.608. The van der Waals surface area contributed by atoms with Crippen LogP contribution in [0.3, 0.4) is 0 Å². The SMILES string of the molecule is NC(=O)C1(C(N)=O)C=CC(c2ccccc2)C=C1. The fourth-order valence-corrected chi connectivity index (χ4v) is 1.98. The lowest BCUT2D eigenvalue weighted by molar-refractivity contribution is -0.133. The van der Waals surface area contributed by atoms with Crippen molar-refractivity contribution in [2.75, 3.05) is 0 Å². The first-order chi connectivity index (χ1) is 8.56. The van der Waals surface area contributed by atoms with E-state index in [0.29, 0.717) is 0 Å². The minimum absolute atomic E-state index is 0.0259. The van der Waals surface area contributed by atoms with Crippen molar-refractivity contribution < 1.29 is 9.59 Å². The van der Waals surface area contributed by atoms with Gasteiger partial charge in [0.25, 0.3) is 0 Å². The summed E-state index contributed by atoms with van der Waals surface area (Å²) in [6.07, 6.45) is 6.50. The molecule has 0 atom stereocenters.